The summed E-state index contributed by atoms with van der Waals surface area (Å²) in [6.07, 6.45) is 0. The highest BCUT2D eigenvalue weighted by atomic mass is 15.0. The molecule has 1 nitrogen and oxygen atoms in total. The van der Waals surface area contributed by atoms with Gasteiger partial charge in [-0.15, -0.1) is 0 Å². The Labute approximate surface area is 188 Å². The Balaban J connectivity index is 1.38. The zero-order valence-electron chi connectivity index (χ0n) is 18.0. The number of rotatable bonds is 3. The molecule has 1 heteroatoms. The first-order chi connectivity index (χ1) is 15.8. The summed E-state index contributed by atoms with van der Waals surface area (Å²) in [6, 6.07) is 43.7. The number of hydrogen-bond donors (Lipinski definition) is 0. The smallest absolute Gasteiger partial charge is 0.0541 e. The first-order valence-electron chi connectivity index (χ1n) is 11.0. The first kappa shape index (κ1) is 18.7. The SMILES string of the molecule is Cc1cccc(-c2ccc(-c3ccc(-n4c5ccccc5c5ccccc54)cc3)cc2)c1. The van der Waals surface area contributed by atoms with Crippen LogP contribution in [0.25, 0.3) is 49.7 Å². The Morgan fingerprint density at radius 3 is 1.50 bits per heavy atom. The molecule has 6 rings (SSSR count). The minimum Gasteiger partial charge on any atom is -0.309 e. The van der Waals surface area contributed by atoms with Gasteiger partial charge in [0.15, 0.2) is 0 Å². The molecule has 0 spiro atoms. The van der Waals surface area contributed by atoms with Crippen molar-refractivity contribution in [2.75, 3.05) is 0 Å². The molecule has 0 amide bonds. The van der Waals surface area contributed by atoms with Crippen molar-refractivity contribution in [2.24, 2.45) is 0 Å². The molecule has 0 atom stereocenters. The molecule has 0 aliphatic heterocycles. The van der Waals surface area contributed by atoms with Crippen molar-refractivity contribution >= 4 is 21.8 Å². The third-order valence-electron chi connectivity index (χ3n) is 6.28. The molecule has 152 valence electrons. The minimum atomic E-state index is 1.18. The summed E-state index contributed by atoms with van der Waals surface area (Å²) in [5.74, 6) is 0. The highest BCUT2D eigenvalue weighted by molar-refractivity contribution is 6.09. The molecular weight excluding hydrogens is 386 g/mol. The fourth-order valence-corrected chi connectivity index (χ4v) is 4.68. The predicted molar refractivity (Wildman–Crippen MR) is 136 cm³/mol. The quantitative estimate of drug-likeness (QED) is 0.276. The van der Waals surface area contributed by atoms with Gasteiger partial charge in [-0.25, -0.2) is 0 Å². The summed E-state index contributed by atoms with van der Waals surface area (Å²) in [5.41, 5.74) is 9.92. The Kier molecular flexibility index (Phi) is 4.40. The van der Waals surface area contributed by atoms with Crippen LogP contribution in [0.5, 0.6) is 0 Å². The van der Waals surface area contributed by atoms with Crippen molar-refractivity contribution in [3.63, 3.8) is 0 Å². The van der Waals surface area contributed by atoms with Gasteiger partial charge in [0.05, 0.1) is 11.0 Å². The van der Waals surface area contributed by atoms with Gasteiger partial charge in [0.25, 0.3) is 0 Å². The van der Waals surface area contributed by atoms with Gasteiger partial charge < -0.3 is 4.57 Å². The largest absolute Gasteiger partial charge is 0.309 e. The maximum Gasteiger partial charge on any atom is 0.0541 e. The van der Waals surface area contributed by atoms with E-state index in [1.807, 2.05) is 0 Å². The number of benzene rings is 5. The number of hydrogen-bond acceptors (Lipinski definition) is 0. The van der Waals surface area contributed by atoms with E-state index in [9.17, 15) is 0 Å². The monoisotopic (exact) mass is 409 g/mol. The van der Waals surface area contributed by atoms with Gasteiger partial charge >= 0.3 is 0 Å². The normalized spacial score (nSPS) is 11.3. The van der Waals surface area contributed by atoms with E-state index in [1.54, 1.807) is 0 Å². The van der Waals surface area contributed by atoms with Gasteiger partial charge in [0, 0.05) is 16.5 Å². The number of aromatic nitrogens is 1. The lowest BCUT2D eigenvalue weighted by Crippen LogP contribution is -1.93. The molecule has 0 bridgehead atoms. The van der Waals surface area contributed by atoms with Crippen molar-refractivity contribution in [3.8, 4) is 27.9 Å². The van der Waals surface area contributed by atoms with Crippen LogP contribution in [-0.2, 0) is 0 Å². The highest BCUT2D eigenvalue weighted by Gasteiger charge is 2.11. The van der Waals surface area contributed by atoms with E-state index in [2.05, 4.69) is 133 Å². The van der Waals surface area contributed by atoms with E-state index in [-0.39, 0.29) is 0 Å². The van der Waals surface area contributed by atoms with Gasteiger partial charge in [0.2, 0.25) is 0 Å². The summed E-state index contributed by atoms with van der Waals surface area (Å²) in [7, 11) is 0. The summed E-state index contributed by atoms with van der Waals surface area (Å²) in [6.45, 7) is 2.14. The third kappa shape index (κ3) is 3.11. The van der Waals surface area contributed by atoms with E-state index in [1.165, 1.54) is 55.3 Å². The molecule has 0 unspecified atom stereocenters. The number of para-hydroxylation sites is 2. The second kappa shape index (κ2) is 7.55. The Morgan fingerprint density at radius 1 is 0.438 bits per heavy atom. The molecule has 6 aromatic rings. The Bertz CT molecular complexity index is 1500. The molecule has 0 fully saturated rings. The van der Waals surface area contributed by atoms with Crippen LogP contribution in [-0.4, -0.2) is 4.57 Å². The van der Waals surface area contributed by atoms with Crippen molar-refractivity contribution in [3.05, 3.63) is 127 Å². The summed E-state index contributed by atoms with van der Waals surface area (Å²) < 4.78 is 2.36. The van der Waals surface area contributed by atoms with Gasteiger partial charge in [-0.1, -0.05) is 103 Å². The van der Waals surface area contributed by atoms with Crippen LogP contribution < -0.4 is 0 Å². The third-order valence-corrected chi connectivity index (χ3v) is 6.28. The van der Waals surface area contributed by atoms with Gasteiger partial charge in [0.1, 0.15) is 0 Å². The number of aryl methyl sites for hydroxylation is 1. The average molecular weight is 410 g/mol. The van der Waals surface area contributed by atoms with E-state index >= 15 is 0 Å². The minimum absolute atomic E-state index is 1.18. The average Bonchev–Trinajstić information content (AvgIpc) is 3.19. The second-order valence-electron chi connectivity index (χ2n) is 8.36. The van der Waals surface area contributed by atoms with Gasteiger partial charge in [-0.05, 0) is 53.4 Å². The number of nitrogens with zero attached hydrogens (tertiary/aromatic N) is 1. The lowest BCUT2D eigenvalue weighted by molar-refractivity contribution is 1.18. The fourth-order valence-electron chi connectivity index (χ4n) is 4.68. The summed E-state index contributed by atoms with van der Waals surface area (Å²) in [5, 5.41) is 2.58. The van der Waals surface area contributed by atoms with E-state index in [0.29, 0.717) is 0 Å². The van der Waals surface area contributed by atoms with Crippen LogP contribution in [0.4, 0.5) is 0 Å². The zero-order valence-corrected chi connectivity index (χ0v) is 18.0. The molecule has 5 aromatic carbocycles. The molecule has 0 aliphatic carbocycles. The Hall–Kier alpha value is -4.10. The van der Waals surface area contributed by atoms with Gasteiger partial charge in [-0.2, -0.15) is 0 Å². The molecule has 0 radical (unpaired) electrons. The molecule has 0 saturated carbocycles. The van der Waals surface area contributed by atoms with E-state index in [0.717, 1.165) is 0 Å². The summed E-state index contributed by atoms with van der Waals surface area (Å²) >= 11 is 0. The van der Waals surface area contributed by atoms with Crippen molar-refractivity contribution < 1.29 is 0 Å². The van der Waals surface area contributed by atoms with Crippen LogP contribution in [0.3, 0.4) is 0 Å². The molecule has 32 heavy (non-hydrogen) atoms. The molecule has 0 aliphatic rings. The van der Waals surface area contributed by atoms with Crippen LogP contribution in [0.15, 0.2) is 121 Å². The summed E-state index contributed by atoms with van der Waals surface area (Å²) in [4.78, 5) is 0. The highest BCUT2D eigenvalue weighted by Crippen LogP contribution is 2.33. The lowest BCUT2D eigenvalue weighted by atomic mass is 9.99. The van der Waals surface area contributed by atoms with Crippen LogP contribution in [0, 0.1) is 6.92 Å². The van der Waals surface area contributed by atoms with Gasteiger partial charge in [-0.3, -0.25) is 0 Å². The molecular formula is C31H23N. The van der Waals surface area contributed by atoms with E-state index < -0.39 is 0 Å². The van der Waals surface area contributed by atoms with Crippen LogP contribution in [0.1, 0.15) is 5.56 Å². The molecule has 0 N–H and O–H groups in total. The zero-order chi connectivity index (χ0) is 21.5. The second-order valence-corrected chi connectivity index (χ2v) is 8.36. The Morgan fingerprint density at radius 2 is 0.938 bits per heavy atom. The van der Waals surface area contributed by atoms with Crippen molar-refractivity contribution in [1.29, 1.82) is 0 Å². The maximum atomic E-state index is 2.36. The van der Waals surface area contributed by atoms with Crippen LogP contribution >= 0.6 is 0 Å². The number of fused-ring (bicyclic) bond motifs is 3. The van der Waals surface area contributed by atoms with Crippen molar-refractivity contribution in [2.45, 2.75) is 6.92 Å². The topological polar surface area (TPSA) is 4.93 Å². The first-order valence-corrected chi connectivity index (χ1v) is 11.0. The predicted octanol–water partition coefficient (Wildman–Crippen LogP) is 8.43. The molecule has 1 heterocycles. The molecule has 1 aromatic heterocycles. The van der Waals surface area contributed by atoms with Crippen molar-refractivity contribution in [1.82, 2.24) is 4.57 Å². The fraction of sp³-hybridized carbons (Fsp3) is 0.0323. The molecule has 0 saturated heterocycles. The van der Waals surface area contributed by atoms with Crippen LogP contribution in [0.2, 0.25) is 0 Å². The standard InChI is InChI=1S/C31H23N/c1-22-7-6-8-26(21-22)25-15-13-23(14-16-25)24-17-19-27(20-18-24)32-30-11-4-2-9-28(30)29-10-3-5-12-31(29)32/h2-21H,1H3. The van der Waals surface area contributed by atoms with E-state index in [4.69, 9.17) is 0 Å². The maximum absolute atomic E-state index is 2.36. The lowest BCUT2D eigenvalue weighted by Gasteiger charge is -2.10.